The molecule has 138 valence electrons. The number of hydrogen-bond donors (Lipinski definition) is 1. The molecule has 2 saturated heterocycles. The van der Waals surface area contributed by atoms with Crippen LogP contribution >= 0.6 is 0 Å². The number of hydrogen-bond acceptors (Lipinski definition) is 4. The number of benzene rings is 1. The quantitative estimate of drug-likeness (QED) is 0.831. The van der Waals surface area contributed by atoms with Crippen LogP contribution in [0.2, 0.25) is 0 Å². The number of fused-ring (bicyclic) bond motifs is 2. The van der Waals surface area contributed by atoms with Gasteiger partial charge in [-0.3, -0.25) is 4.79 Å². The zero-order valence-corrected chi connectivity index (χ0v) is 15.6. The van der Waals surface area contributed by atoms with Gasteiger partial charge in [0.15, 0.2) is 0 Å². The number of sulfonamides is 1. The highest BCUT2D eigenvalue weighted by molar-refractivity contribution is 7.88. The van der Waals surface area contributed by atoms with Crippen LogP contribution < -0.4 is 10.1 Å². The summed E-state index contributed by atoms with van der Waals surface area (Å²) in [6.45, 7) is 2.55. The van der Waals surface area contributed by atoms with Crippen molar-refractivity contribution in [3.63, 3.8) is 0 Å². The Morgan fingerprint density at radius 3 is 2.32 bits per heavy atom. The molecule has 6 nitrogen and oxygen atoms in total. The molecule has 2 fully saturated rings. The number of nitrogens with zero attached hydrogens (tertiary/aromatic N) is 1. The maximum absolute atomic E-state index is 12.3. The minimum Gasteiger partial charge on any atom is -0.494 e. The average Bonchev–Trinajstić information content (AvgIpc) is 2.82. The predicted molar refractivity (Wildman–Crippen MR) is 96.0 cm³/mol. The lowest BCUT2D eigenvalue weighted by molar-refractivity contribution is -0.121. The topological polar surface area (TPSA) is 75.7 Å². The number of amides is 1. The summed E-state index contributed by atoms with van der Waals surface area (Å²) in [6, 6.07) is 7.68. The van der Waals surface area contributed by atoms with Gasteiger partial charge < -0.3 is 10.1 Å². The van der Waals surface area contributed by atoms with Crippen LogP contribution in [0.1, 0.15) is 38.2 Å². The molecule has 0 saturated carbocycles. The molecule has 0 radical (unpaired) electrons. The summed E-state index contributed by atoms with van der Waals surface area (Å²) < 4.78 is 30.9. The molecule has 3 rings (SSSR count). The van der Waals surface area contributed by atoms with E-state index in [1.807, 2.05) is 31.2 Å². The minimum atomic E-state index is -3.16. The third-order valence-electron chi connectivity index (χ3n) is 5.01. The fourth-order valence-electron chi connectivity index (χ4n) is 4.13. The van der Waals surface area contributed by atoms with Crippen molar-refractivity contribution in [1.82, 2.24) is 9.62 Å². The van der Waals surface area contributed by atoms with E-state index in [1.54, 1.807) is 4.31 Å². The summed E-state index contributed by atoms with van der Waals surface area (Å²) in [5, 5.41) is 3.09. The van der Waals surface area contributed by atoms with Crippen LogP contribution in [-0.2, 0) is 21.2 Å². The lowest BCUT2D eigenvalue weighted by Gasteiger charge is -2.37. The molecule has 0 spiro atoms. The second-order valence-electron chi connectivity index (χ2n) is 6.97. The van der Waals surface area contributed by atoms with Gasteiger partial charge in [0.2, 0.25) is 15.9 Å². The van der Waals surface area contributed by atoms with Gasteiger partial charge in [0.25, 0.3) is 0 Å². The van der Waals surface area contributed by atoms with Crippen LogP contribution in [0.5, 0.6) is 5.75 Å². The first-order valence-corrected chi connectivity index (χ1v) is 10.7. The Balaban J connectivity index is 1.54. The third-order valence-corrected chi connectivity index (χ3v) is 6.38. The molecule has 1 aromatic rings. The maximum atomic E-state index is 12.3. The second kappa shape index (κ2) is 7.33. The van der Waals surface area contributed by atoms with Gasteiger partial charge in [0.05, 0.1) is 19.3 Å². The van der Waals surface area contributed by atoms with Crippen molar-refractivity contribution in [3.05, 3.63) is 29.8 Å². The molecule has 1 amide bonds. The van der Waals surface area contributed by atoms with Crippen molar-refractivity contribution in [1.29, 1.82) is 0 Å². The van der Waals surface area contributed by atoms with Gasteiger partial charge in [-0.05, 0) is 50.3 Å². The lowest BCUT2D eigenvalue weighted by atomic mass is 9.99. The van der Waals surface area contributed by atoms with Gasteiger partial charge in [-0.1, -0.05) is 12.1 Å². The van der Waals surface area contributed by atoms with Gasteiger partial charge in [-0.25, -0.2) is 8.42 Å². The molecule has 0 aliphatic carbocycles. The van der Waals surface area contributed by atoms with Gasteiger partial charge in [0, 0.05) is 18.1 Å². The Morgan fingerprint density at radius 2 is 1.80 bits per heavy atom. The Labute approximate surface area is 149 Å². The van der Waals surface area contributed by atoms with E-state index in [-0.39, 0.29) is 24.0 Å². The number of nitrogens with one attached hydrogen (secondary N) is 1. The lowest BCUT2D eigenvalue weighted by Crippen LogP contribution is -2.52. The van der Waals surface area contributed by atoms with Crippen molar-refractivity contribution in [3.8, 4) is 5.75 Å². The highest BCUT2D eigenvalue weighted by atomic mass is 32.2. The smallest absolute Gasteiger partial charge is 0.224 e. The SMILES string of the molecule is CCOc1ccc(CC(=O)NC2C[C@H]3CC[C@@H](C2)N3S(C)(=O)=O)cc1. The summed E-state index contributed by atoms with van der Waals surface area (Å²) in [5.41, 5.74) is 0.942. The fraction of sp³-hybridized carbons (Fsp3) is 0.611. The van der Waals surface area contributed by atoms with Gasteiger partial charge in [-0.2, -0.15) is 4.31 Å². The summed E-state index contributed by atoms with van der Waals surface area (Å²) in [5.74, 6) is 0.790. The van der Waals surface area contributed by atoms with Crippen molar-refractivity contribution >= 4 is 15.9 Å². The van der Waals surface area contributed by atoms with E-state index in [4.69, 9.17) is 4.74 Å². The summed E-state index contributed by atoms with van der Waals surface area (Å²) in [4.78, 5) is 12.3. The second-order valence-corrected chi connectivity index (χ2v) is 8.86. The van der Waals surface area contributed by atoms with Gasteiger partial charge >= 0.3 is 0 Å². The van der Waals surface area contributed by atoms with Gasteiger partial charge in [0.1, 0.15) is 5.75 Å². The zero-order chi connectivity index (χ0) is 18.0. The molecule has 25 heavy (non-hydrogen) atoms. The highest BCUT2D eigenvalue weighted by Gasteiger charge is 2.45. The van der Waals surface area contributed by atoms with E-state index < -0.39 is 10.0 Å². The zero-order valence-electron chi connectivity index (χ0n) is 14.8. The molecule has 0 aromatic heterocycles. The molecule has 2 aliphatic rings. The van der Waals surface area contributed by atoms with Crippen molar-refractivity contribution in [2.75, 3.05) is 12.9 Å². The average molecular weight is 366 g/mol. The molecule has 7 heteroatoms. The molecule has 2 aliphatic heterocycles. The Kier molecular flexibility index (Phi) is 5.34. The van der Waals surface area contributed by atoms with Crippen molar-refractivity contribution in [2.24, 2.45) is 0 Å². The Morgan fingerprint density at radius 1 is 1.20 bits per heavy atom. The number of piperidine rings is 1. The Bertz CT molecular complexity index is 703. The number of carbonyl (C=O) groups excluding carboxylic acids is 1. The molecular weight excluding hydrogens is 340 g/mol. The molecule has 1 aromatic carbocycles. The van der Waals surface area contributed by atoms with Crippen molar-refractivity contribution < 1.29 is 17.9 Å². The number of rotatable bonds is 6. The van der Waals surface area contributed by atoms with Crippen LogP contribution in [-0.4, -0.2) is 49.6 Å². The largest absolute Gasteiger partial charge is 0.494 e. The summed E-state index contributed by atoms with van der Waals surface area (Å²) in [7, 11) is -3.16. The molecule has 1 unspecified atom stereocenters. The molecule has 2 bridgehead atoms. The third kappa shape index (κ3) is 4.33. The first kappa shape index (κ1) is 18.2. The molecule has 3 atom stereocenters. The monoisotopic (exact) mass is 366 g/mol. The first-order valence-electron chi connectivity index (χ1n) is 8.86. The van der Waals surface area contributed by atoms with Gasteiger partial charge in [-0.15, -0.1) is 0 Å². The molecule has 1 N–H and O–H groups in total. The predicted octanol–water partition coefficient (Wildman–Crippen LogP) is 1.70. The Hall–Kier alpha value is -1.60. The van der Waals surface area contributed by atoms with Crippen LogP contribution in [0.3, 0.4) is 0 Å². The number of ether oxygens (including phenoxy) is 1. The van der Waals surface area contributed by atoms with Crippen LogP contribution in [0.15, 0.2) is 24.3 Å². The van der Waals surface area contributed by atoms with Crippen LogP contribution in [0, 0.1) is 0 Å². The normalized spacial score (nSPS) is 26.4. The maximum Gasteiger partial charge on any atom is 0.224 e. The van der Waals surface area contributed by atoms with E-state index in [1.165, 1.54) is 6.26 Å². The standard InChI is InChI=1S/C18H26N2O4S/c1-3-24-17-8-4-13(5-9-17)10-18(21)19-14-11-15-6-7-16(12-14)20(15)25(2,22)23/h4-5,8-9,14-16H,3,6-7,10-12H2,1-2H3,(H,19,21)/t14?,15-,16+. The van der Waals surface area contributed by atoms with E-state index >= 15 is 0 Å². The van der Waals surface area contributed by atoms with E-state index in [9.17, 15) is 13.2 Å². The fourth-order valence-corrected chi connectivity index (χ4v) is 5.59. The number of carbonyl (C=O) groups is 1. The molecular formula is C18H26N2O4S. The first-order chi connectivity index (χ1) is 11.9. The van der Waals surface area contributed by atoms with Crippen LogP contribution in [0.4, 0.5) is 0 Å². The summed E-state index contributed by atoms with van der Waals surface area (Å²) in [6.07, 6.45) is 4.81. The summed E-state index contributed by atoms with van der Waals surface area (Å²) >= 11 is 0. The van der Waals surface area contributed by atoms with E-state index in [0.29, 0.717) is 25.9 Å². The highest BCUT2D eigenvalue weighted by Crippen LogP contribution is 2.37. The van der Waals surface area contributed by atoms with Crippen molar-refractivity contribution in [2.45, 2.75) is 57.2 Å². The minimum absolute atomic E-state index is 0.0126. The van der Waals surface area contributed by atoms with E-state index in [0.717, 1.165) is 24.2 Å². The molecule has 2 heterocycles. The van der Waals surface area contributed by atoms with E-state index in [2.05, 4.69) is 5.32 Å². The van der Waals surface area contributed by atoms with Crippen LogP contribution in [0.25, 0.3) is 0 Å².